The van der Waals surface area contributed by atoms with Gasteiger partial charge in [0.1, 0.15) is 0 Å². The number of hydrogen-bond acceptors (Lipinski definition) is 3. The Balaban J connectivity index is 0.000000405. The molecule has 1 aliphatic heterocycles. The second-order valence-electron chi connectivity index (χ2n) is 3.96. The molecule has 0 amide bonds. The van der Waals surface area contributed by atoms with Gasteiger partial charge in [-0.15, -0.1) is 0 Å². The number of benzene rings is 1. The fourth-order valence-corrected chi connectivity index (χ4v) is 1.54. The largest absolute Gasteiger partial charge is 0.396 e. The van der Waals surface area contributed by atoms with E-state index in [1.165, 1.54) is 18.4 Å². The number of aliphatic hydroxyl groups is 1. The van der Waals surface area contributed by atoms with E-state index in [2.05, 4.69) is 6.07 Å². The van der Waals surface area contributed by atoms with E-state index >= 15 is 0 Å². The van der Waals surface area contributed by atoms with E-state index in [0.717, 1.165) is 26.1 Å². The lowest BCUT2D eigenvalue weighted by atomic mass is 10.1. The number of ether oxygens (including phenoxy) is 1. The number of nitrogens with zero attached hydrogens (tertiary/aromatic N) is 1. The van der Waals surface area contributed by atoms with Crippen LogP contribution in [0.5, 0.6) is 0 Å². The molecule has 2 rings (SSSR count). The van der Waals surface area contributed by atoms with Crippen molar-refractivity contribution in [1.82, 2.24) is 0 Å². The van der Waals surface area contributed by atoms with Crippen LogP contribution in [0.15, 0.2) is 24.3 Å². The molecule has 1 aromatic rings. The molecule has 0 aliphatic carbocycles. The van der Waals surface area contributed by atoms with Crippen LogP contribution in [0.4, 0.5) is 0 Å². The first-order valence-electron chi connectivity index (χ1n) is 6.04. The molecule has 0 atom stereocenters. The average molecular weight is 247 g/mol. The Morgan fingerprint density at radius 1 is 1.17 bits per heavy atom. The monoisotopic (exact) mass is 247 g/mol. The molecule has 3 nitrogen and oxygen atoms in total. The smallest absolute Gasteiger partial charge is 0.0991 e. The highest BCUT2D eigenvalue weighted by atomic mass is 16.5. The van der Waals surface area contributed by atoms with Crippen LogP contribution in [0, 0.1) is 11.3 Å². The third kappa shape index (κ3) is 7.11. The minimum Gasteiger partial charge on any atom is -0.396 e. The first-order chi connectivity index (χ1) is 8.36. The average Bonchev–Trinajstić information content (AvgIpc) is 2.96. The van der Waals surface area contributed by atoms with Crippen molar-refractivity contribution >= 4 is 8.41 Å². The summed E-state index contributed by atoms with van der Waals surface area (Å²) in [6.45, 7) is 2.22. The van der Waals surface area contributed by atoms with E-state index in [1.807, 2.05) is 12.1 Å². The zero-order chi connectivity index (χ0) is 12.3. The van der Waals surface area contributed by atoms with E-state index in [4.69, 9.17) is 15.1 Å². The molecule has 1 heterocycles. The van der Waals surface area contributed by atoms with Gasteiger partial charge in [0, 0.05) is 19.8 Å². The first kappa shape index (κ1) is 16.7. The Morgan fingerprint density at radius 3 is 2.17 bits per heavy atom. The number of aryl methyl sites for hydroxylation is 1. The first-order valence-corrected chi connectivity index (χ1v) is 6.04. The third-order valence-electron chi connectivity index (χ3n) is 2.53. The van der Waals surface area contributed by atoms with Gasteiger partial charge in [-0.2, -0.15) is 5.26 Å². The minimum absolute atomic E-state index is 0. The molecule has 1 N–H and O–H groups in total. The van der Waals surface area contributed by atoms with Crippen LogP contribution in [-0.2, 0) is 11.2 Å². The van der Waals surface area contributed by atoms with Crippen molar-refractivity contribution in [3.05, 3.63) is 35.4 Å². The maximum atomic E-state index is 8.58. The van der Waals surface area contributed by atoms with Gasteiger partial charge >= 0.3 is 0 Å². The van der Waals surface area contributed by atoms with Gasteiger partial charge in [0.2, 0.25) is 0 Å². The number of rotatable bonds is 3. The normalized spacial score (nSPS) is 12.9. The standard InChI is InChI=1S/C10H11NO.C4H8O.BH3/c11-8-10-5-3-9(4-6-10)2-1-7-12;1-2-4-5-3-1;/h3-6,12H,1-2,7H2;1-4H2;1H3. The van der Waals surface area contributed by atoms with Crippen molar-refractivity contribution in [3.63, 3.8) is 0 Å². The fourth-order valence-electron chi connectivity index (χ4n) is 1.54. The van der Waals surface area contributed by atoms with E-state index in [9.17, 15) is 0 Å². The zero-order valence-corrected chi connectivity index (χ0v) is 10.1. The summed E-state index contributed by atoms with van der Waals surface area (Å²) in [5.74, 6) is 0. The van der Waals surface area contributed by atoms with Crippen LogP contribution in [0.2, 0.25) is 0 Å². The maximum Gasteiger partial charge on any atom is 0.0991 e. The van der Waals surface area contributed by atoms with Crippen molar-refractivity contribution in [1.29, 1.82) is 5.26 Å². The topological polar surface area (TPSA) is 53.2 Å². The van der Waals surface area contributed by atoms with Gasteiger partial charge in [-0.25, -0.2) is 0 Å². The van der Waals surface area contributed by atoms with Crippen LogP contribution in [0.3, 0.4) is 0 Å². The molecule has 1 aromatic carbocycles. The predicted molar refractivity (Wildman–Crippen MR) is 76.6 cm³/mol. The highest BCUT2D eigenvalue weighted by Gasteiger charge is 1.94. The highest BCUT2D eigenvalue weighted by Crippen LogP contribution is 2.05. The van der Waals surface area contributed by atoms with Crippen LogP contribution >= 0.6 is 0 Å². The van der Waals surface area contributed by atoms with Gasteiger partial charge in [-0.3, -0.25) is 0 Å². The van der Waals surface area contributed by atoms with Gasteiger partial charge < -0.3 is 9.84 Å². The molecule has 1 fully saturated rings. The third-order valence-corrected chi connectivity index (χ3v) is 2.53. The summed E-state index contributed by atoms with van der Waals surface area (Å²) in [7, 11) is 0. The lowest BCUT2D eigenvalue weighted by molar-refractivity contribution is 0.198. The van der Waals surface area contributed by atoms with Gasteiger partial charge in [0.05, 0.1) is 20.0 Å². The highest BCUT2D eigenvalue weighted by molar-refractivity contribution is 5.75. The minimum atomic E-state index is 0. The molecule has 4 heteroatoms. The Kier molecular flexibility index (Phi) is 10.0. The molecular weight excluding hydrogens is 225 g/mol. The van der Waals surface area contributed by atoms with Gasteiger partial charge in [0.15, 0.2) is 0 Å². The molecule has 0 bridgehead atoms. The molecule has 0 unspecified atom stereocenters. The second kappa shape index (κ2) is 10.8. The molecule has 0 spiro atoms. The van der Waals surface area contributed by atoms with E-state index < -0.39 is 0 Å². The molecule has 1 aliphatic rings. The number of hydrogen-bond donors (Lipinski definition) is 1. The van der Waals surface area contributed by atoms with Crippen LogP contribution < -0.4 is 0 Å². The summed E-state index contributed by atoms with van der Waals surface area (Å²) < 4.78 is 4.94. The molecule has 0 aromatic heterocycles. The summed E-state index contributed by atoms with van der Waals surface area (Å²) in [6, 6.07) is 9.51. The van der Waals surface area contributed by atoms with Crippen molar-refractivity contribution < 1.29 is 9.84 Å². The lowest BCUT2D eigenvalue weighted by Crippen LogP contribution is -1.88. The summed E-state index contributed by atoms with van der Waals surface area (Å²) in [6.07, 6.45) is 4.22. The summed E-state index contributed by atoms with van der Waals surface area (Å²) in [5.41, 5.74) is 1.85. The Bertz CT molecular complexity index is 334. The van der Waals surface area contributed by atoms with Gasteiger partial charge in [0.25, 0.3) is 0 Å². The van der Waals surface area contributed by atoms with Crippen molar-refractivity contribution in [2.75, 3.05) is 19.8 Å². The molecule has 1 saturated heterocycles. The lowest BCUT2D eigenvalue weighted by Gasteiger charge is -1.97. The Labute approximate surface area is 111 Å². The SMILES string of the molecule is B.C1CCOC1.N#Cc1ccc(CCCO)cc1. The van der Waals surface area contributed by atoms with Crippen LogP contribution in [0.25, 0.3) is 0 Å². The quantitative estimate of drug-likeness (QED) is 0.813. The van der Waals surface area contributed by atoms with Crippen molar-refractivity contribution in [3.8, 4) is 6.07 Å². The Hall–Kier alpha value is -1.31. The molecule has 98 valence electrons. The fraction of sp³-hybridized carbons (Fsp3) is 0.500. The second-order valence-corrected chi connectivity index (χ2v) is 3.96. The van der Waals surface area contributed by atoms with Gasteiger partial charge in [-0.05, 0) is 43.4 Å². The van der Waals surface area contributed by atoms with Crippen LogP contribution in [0.1, 0.15) is 30.4 Å². The van der Waals surface area contributed by atoms with E-state index in [-0.39, 0.29) is 15.0 Å². The zero-order valence-electron chi connectivity index (χ0n) is 10.1. The van der Waals surface area contributed by atoms with Crippen molar-refractivity contribution in [2.45, 2.75) is 25.7 Å². The number of aliphatic hydroxyl groups excluding tert-OH is 1. The van der Waals surface area contributed by atoms with Crippen LogP contribution in [-0.4, -0.2) is 33.3 Å². The van der Waals surface area contributed by atoms with E-state index in [0.29, 0.717) is 5.56 Å². The molecule has 0 saturated carbocycles. The molecule has 0 radical (unpaired) electrons. The maximum absolute atomic E-state index is 8.58. The van der Waals surface area contributed by atoms with Crippen molar-refractivity contribution in [2.24, 2.45) is 0 Å². The molecule has 18 heavy (non-hydrogen) atoms. The Morgan fingerprint density at radius 2 is 1.78 bits per heavy atom. The van der Waals surface area contributed by atoms with Gasteiger partial charge in [-0.1, -0.05) is 12.1 Å². The summed E-state index contributed by atoms with van der Waals surface area (Å²) >= 11 is 0. The summed E-state index contributed by atoms with van der Waals surface area (Å²) in [4.78, 5) is 0. The predicted octanol–water partition coefficient (Wildman–Crippen LogP) is 1.10. The number of nitriles is 1. The van der Waals surface area contributed by atoms with E-state index in [1.54, 1.807) is 12.1 Å². The summed E-state index contributed by atoms with van der Waals surface area (Å²) in [5, 5.41) is 17.1. The molecular formula is C14H22BNO2.